The Bertz CT molecular complexity index is 761. The number of rotatable bonds is 6. The van der Waals surface area contributed by atoms with E-state index in [1.54, 1.807) is 12.3 Å². The zero-order valence-corrected chi connectivity index (χ0v) is 13.0. The Morgan fingerprint density at radius 3 is 2.65 bits per heavy atom. The number of benzene rings is 2. The van der Waals surface area contributed by atoms with Crippen molar-refractivity contribution in [2.24, 2.45) is 0 Å². The molecule has 0 spiro atoms. The molecule has 0 bridgehead atoms. The molecule has 0 atom stereocenters. The number of para-hydroxylation sites is 3. The zero-order chi connectivity index (χ0) is 15.9. The van der Waals surface area contributed by atoms with E-state index in [2.05, 4.69) is 15.6 Å². The summed E-state index contributed by atoms with van der Waals surface area (Å²) in [6.45, 7) is 0.146. The van der Waals surface area contributed by atoms with Gasteiger partial charge in [-0.3, -0.25) is 4.79 Å². The van der Waals surface area contributed by atoms with E-state index in [-0.39, 0.29) is 12.5 Å². The number of ether oxygens (including phenoxy) is 1. The second kappa shape index (κ2) is 7.42. The van der Waals surface area contributed by atoms with Crippen LogP contribution in [-0.2, 0) is 4.79 Å². The van der Waals surface area contributed by atoms with Crippen LogP contribution in [0.2, 0.25) is 0 Å². The second-order valence-corrected chi connectivity index (χ2v) is 5.54. The summed E-state index contributed by atoms with van der Waals surface area (Å²) in [5.41, 5.74) is 0.627. The normalized spacial score (nSPS) is 10.1. The molecule has 5 nitrogen and oxygen atoms in total. The first-order valence-electron chi connectivity index (χ1n) is 7.06. The Balaban J connectivity index is 1.64. The van der Waals surface area contributed by atoms with Crippen molar-refractivity contribution in [2.75, 3.05) is 17.2 Å². The van der Waals surface area contributed by atoms with Crippen molar-refractivity contribution in [3.63, 3.8) is 0 Å². The van der Waals surface area contributed by atoms with E-state index in [0.717, 1.165) is 5.75 Å². The number of carbonyl (C=O) groups excluding carboxylic acids is 1. The van der Waals surface area contributed by atoms with Gasteiger partial charge < -0.3 is 15.4 Å². The third-order valence-corrected chi connectivity index (χ3v) is 3.70. The number of carbonyl (C=O) groups is 1. The molecule has 0 unspecified atom stereocenters. The first kappa shape index (κ1) is 15.1. The van der Waals surface area contributed by atoms with Crippen molar-refractivity contribution in [2.45, 2.75) is 0 Å². The molecule has 0 radical (unpaired) electrons. The largest absolute Gasteiger partial charge is 0.455 e. The zero-order valence-electron chi connectivity index (χ0n) is 12.2. The molecule has 3 aromatic rings. The summed E-state index contributed by atoms with van der Waals surface area (Å²) < 4.78 is 5.82. The van der Waals surface area contributed by atoms with Gasteiger partial charge in [0.15, 0.2) is 10.9 Å². The van der Waals surface area contributed by atoms with E-state index in [0.29, 0.717) is 16.6 Å². The van der Waals surface area contributed by atoms with Crippen molar-refractivity contribution in [3.8, 4) is 11.5 Å². The minimum atomic E-state index is -0.163. The summed E-state index contributed by atoms with van der Waals surface area (Å²) in [5, 5.41) is 8.38. The molecule has 23 heavy (non-hydrogen) atoms. The van der Waals surface area contributed by atoms with Crippen LogP contribution in [0.15, 0.2) is 66.2 Å². The van der Waals surface area contributed by atoms with Crippen molar-refractivity contribution in [1.29, 1.82) is 0 Å². The van der Waals surface area contributed by atoms with Crippen molar-refractivity contribution < 1.29 is 9.53 Å². The minimum absolute atomic E-state index is 0.146. The van der Waals surface area contributed by atoms with E-state index in [1.165, 1.54) is 11.3 Å². The van der Waals surface area contributed by atoms with Gasteiger partial charge in [-0.15, -0.1) is 11.3 Å². The standard InChI is InChI=1S/C17H15N3O2S/c21-16(12-19-17-18-10-11-23-17)20-14-8-4-5-9-15(14)22-13-6-2-1-3-7-13/h1-11H,12H2,(H,18,19)(H,20,21). The molecule has 1 aromatic heterocycles. The van der Waals surface area contributed by atoms with Crippen molar-refractivity contribution >= 4 is 28.1 Å². The molecule has 0 aliphatic rings. The molecule has 0 fully saturated rings. The maximum Gasteiger partial charge on any atom is 0.243 e. The Morgan fingerprint density at radius 2 is 1.87 bits per heavy atom. The lowest BCUT2D eigenvalue weighted by Gasteiger charge is -2.12. The van der Waals surface area contributed by atoms with Gasteiger partial charge in [0.2, 0.25) is 5.91 Å². The predicted octanol–water partition coefficient (Wildman–Crippen LogP) is 3.99. The summed E-state index contributed by atoms with van der Waals surface area (Å²) in [4.78, 5) is 16.1. The highest BCUT2D eigenvalue weighted by atomic mass is 32.1. The van der Waals surface area contributed by atoms with Crippen LogP contribution in [0, 0.1) is 0 Å². The van der Waals surface area contributed by atoms with Gasteiger partial charge in [0.1, 0.15) is 5.75 Å². The van der Waals surface area contributed by atoms with E-state index in [9.17, 15) is 4.79 Å². The topological polar surface area (TPSA) is 63.2 Å². The number of hydrogen-bond donors (Lipinski definition) is 2. The Kier molecular flexibility index (Phi) is 4.85. The summed E-state index contributed by atoms with van der Waals surface area (Å²) in [7, 11) is 0. The van der Waals surface area contributed by atoms with Gasteiger partial charge in [-0.2, -0.15) is 0 Å². The molecule has 116 valence electrons. The van der Waals surface area contributed by atoms with Crippen LogP contribution in [0.5, 0.6) is 11.5 Å². The van der Waals surface area contributed by atoms with Crippen LogP contribution < -0.4 is 15.4 Å². The summed E-state index contributed by atoms with van der Waals surface area (Å²) in [6, 6.07) is 16.8. The monoisotopic (exact) mass is 325 g/mol. The fourth-order valence-corrected chi connectivity index (χ4v) is 2.46. The predicted molar refractivity (Wildman–Crippen MR) is 92.2 cm³/mol. The lowest BCUT2D eigenvalue weighted by atomic mass is 10.3. The number of nitrogens with one attached hydrogen (secondary N) is 2. The molecule has 3 rings (SSSR count). The number of amides is 1. The van der Waals surface area contributed by atoms with Gasteiger partial charge in [0.25, 0.3) is 0 Å². The van der Waals surface area contributed by atoms with E-state index < -0.39 is 0 Å². The fourth-order valence-electron chi connectivity index (χ4n) is 1.94. The van der Waals surface area contributed by atoms with Crippen LogP contribution in [0.4, 0.5) is 10.8 Å². The lowest BCUT2D eigenvalue weighted by Crippen LogP contribution is -2.21. The average Bonchev–Trinajstić information content (AvgIpc) is 3.09. The number of aromatic nitrogens is 1. The van der Waals surface area contributed by atoms with E-state index in [1.807, 2.05) is 53.9 Å². The maximum absolute atomic E-state index is 12.1. The molecule has 1 heterocycles. The van der Waals surface area contributed by atoms with Crippen LogP contribution in [-0.4, -0.2) is 17.4 Å². The Morgan fingerprint density at radius 1 is 1.09 bits per heavy atom. The Labute approximate surface area is 138 Å². The number of anilines is 2. The van der Waals surface area contributed by atoms with Crippen LogP contribution in [0.3, 0.4) is 0 Å². The highest BCUT2D eigenvalue weighted by Crippen LogP contribution is 2.28. The van der Waals surface area contributed by atoms with Crippen LogP contribution in [0.1, 0.15) is 0 Å². The highest BCUT2D eigenvalue weighted by molar-refractivity contribution is 7.13. The molecule has 2 N–H and O–H groups in total. The third kappa shape index (κ3) is 4.31. The molecule has 0 aliphatic carbocycles. The summed E-state index contributed by atoms with van der Waals surface area (Å²) in [6.07, 6.45) is 1.69. The van der Waals surface area contributed by atoms with Gasteiger partial charge in [0, 0.05) is 11.6 Å². The smallest absolute Gasteiger partial charge is 0.243 e. The van der Waals surface area contributed by atoms with E-state index >= 15 is 0 Å². The van der Waals surface area contributed by atoms with Crippen molar-refractivity contribution in [3.05, 3.63) is 66.2 Å². The molecule has 0 saturated carbocycles. The summed E-state index contributed by atoms with van der Waals surface area (Å²) >= 11 is 1.45. The molecular weight excluding hydrogens is 310 g/mol. The van der Waals surface area contributed by atoms with Gasteiger partial charge in [-0.1, -0.05) is 30.3 Å². The van der Waals surface area contributed by atoms with Gasteiger partial charge >= 0.3 is 0 Å². The van der Waals surface area contributed by atoms with Crippen molar-refractivity contribution in [1.82, 2.24) is 4.98 Å². The first-order chi connectivity index (χ1) is 11.3. The number of hydrogen-bond acceptors (Lipinski definition) is 5. The van der Waals surface area contributed by atoms with Gasteiger partial charge in [-0.05, 0) is 24.3 Å². The Hall–Kier alpha value is -2.86. The van der Waals surface area contributed by atoms with Crippen LogP contribution in [0.25, 0.3) is 0 Å². The van der Waals surface area contributed by atoms with E-state index in [4.69, 9.17) is 4.74 Å². The fraction of sp³-hybridized carbons (Fsp3) is 0.0588. The molecule has 2 aromatic carbocycles. The highest BCUT2D eigenvalue weighted by Gasteiger charge is 2.08. The first-order valence-corrected chi connectivity index (χ1v) is 7.94. The average molecular weight is 325 g/mol. The van der Waals surface area contributed by atoms with Crippen LogP contribution >= 0.6 is 11.3 Å². The third-order valence-electron chi connectivity index (χ3n) is 2.96. The number of nitrogens with zero attached hydrogens (tertiary/aromatic N) is 1. The SMILES string of the molecule is O=C(CNc1nccs1)Nc1ccccc1Oc1ccccc1. The maximum atomic E-state index is 12.1. The molecule has 1 amide bonds. The summed E-state index contributed by atoms with van der Waals surface area (Å²) in [5.74, 6) is 1.15. The lowest BCUT2D eigenvalue weighted by molar-refractivity contribution is -0.114. The molecule has 6 heteroatoms. The second-order valence-electron chi connectivity index (χ2n) is 4.65. The molecular formula is C17H15N3O2S. The van der Waals surface area contributed by atoms with Gasteiger partial charge in [-0.25, -0.2) is 4.98 Å². The number of thiazole rings is 1. The quantitative estimate of drug-likeness (QED) is 0.719. The minimum Gasteiger partial charge on any atom is -0.455 e. The van der Waals surface area contributed by atoms with Gasteiger partial charge in [0.05, 0.1) is 12.2 Å². The molecule has 0 saturated heterocycles. The molecule has 0 aliphatic heterocycles.